The largest absolute Gasteiger partial charge is 0.314 e. The van der Waals surface area contributed by atoms with Crippen molar-refractivity contribution in [3.63, 3.8) is 0 Å². The second-order valence-corrected chi connectivity index (χ2v) is 5.37. The summed E-state index contributed by atoms with van der Waals surface area (Å²) in [7, 11) is 0. The molecule has 1 aromatic carbocycles. The molecular weight excluding hydrogens is 206 g/mol. The third kappa shape index (κ3) is 3.57. The Morgan fingerprint density at radius 2 is 1.94 bits per heavy atom. The molecule has 1 unspecified atom stereocenters. The van der Waals surface area contributed by atoms with Gasteiger partial charge in [-0.25, -0.2) is 0 Å². The van der Waals surface area contributed by atoms with Crippen LogP contribution in [-0.4, -0.2) is 12.6 Å². The van der Waals surface area contributed by atoms with Crippen LogP contribution >= 0.6 is 0 Å². The number of benzene rings is 1. The van der Waals surface area contributed by atoms with E-state index in [1.807, 2.05) is 0 Å². The van der Waals surface area contributed by atoms with Crippen LogP contribution < -0.4 is 5.32 Å². The predicted molar refractivity (Wildman–Crippen MR) is 74.5 cm³/mol. The molecule has 0 saturated carbocycles. The Morgan fingerprint density at radius 3 is 2.71 bits per heavy atom. The average Bonchev–Trinajstić information content (AvgIpc) is 2.36. The molecule has 1 aliphatic rings. The van der Waals surface area contributed by atoms with Crippen molar-refractivity contribution in [3.05, 3.63) is 34.9 Å². The molecule has 1 nitrogen and oxygen atoms in total. The SMILES string of the molecule is CCCNC(C)Cc1ccc2c(c1)CCCC2. The second-order valence-electron chi connectivity index (χ2n) is 5.37. The molecule has 1 N–H and O–H groups in total. The van der Waals surface area contributed by atoms with E-state index in [0.29, 0.717) is 6.04 Å². The standard InChI is InChI=1S/C16H25N/c1-3-10-17-13(2)11-14-8-9-15-6-4-5-7-16(15)12-14/h8-9,12-13,17H,3-7,10-11H2,1-2H3. The monoisotopic (exact) mass is 231 g/mol. The van der Waals surface area contributed by atoms with Gasteiger partial charge in [-0.15, -0.1) is 0 Å². The molecule has 1 aromatic rings. The number of fused-ring (bicyclic) bond motifs is 1. The highest BCUT2D eigenvalue weighted by Crippen LogP contribution is 2.22. The second kappa shape index (κ2) is 6.20. The molecule has 0 bridgehead atoms. The van der Waals surface area contributed by atoms with Crippen molar-refractivity contribution in [2.24, 2.45) is 0 Å². The number of hydrogen-bond donors (Lipinski definition) is 1. The zero-order chi connectivity index (χ0) is 12.1. The van der Waals surface area contributed by atoms with Crippen LogP contribution in [0.25, 0.3) is 0 Å². The van der Waals surface area contributed by atoms with Crippen molar-refractivity contribution < 1.29 is 0 Å². The summed E-state index contributed by atoms with van der Waals surface area (Å²) in [4.78, 5) is 0. The van der Waals surface area contributed by atoms with E-state index in [4.69, 9.17) is 0 Å². The fourth-order valence-corrected chi connectivity index (χ4v) is 2.73. The number of nitrogens with one attached hydrogen (secondary N) is 1. The van der Waals surface area contributed by atoms with E-state index in [2.05, 4.69) is 37.4 Å². The summed E-state index contributed by atoms with van der Waals surface area (Å²) in [5.74, 6) is 0. The van der Waals surface area contributed by atoms with Crippen LogP contribution in [-0.2, 0) is 19.3 Å². The summed E-state index contributed by atoms with van der Waals surface area (Å²) in [6, 6.07) is 7.72. The minimum absolute atomic E-state index is 0.594. The van der Waals surface area contributed by atoms with Crippen LogP contribution in [0.2, 0.25) is 0 Å². The Labute approximate surface area is 106 Å². The van der Waals surface area contributed by atoms with Gasteiger partial charge < -0.3 is 5.32 Å². The molecule has 0 heterocycles. The minimum atomic E-state index is 0.594. The average molecular weight is 231 g/mol. The van der Waals surface area contributed by atoms with Gasteiger partial charge in [-0.05, 0) is 68.7 Å². The maximum atomic E-state index is 3.56. The first-order valence-corrected chi connectivity index (χ1v) is 7.13. The lowest BCUT2D eigenvalue weighted by molar-refractivity contribution is 0.543. The number of aryl methyl sites for hydroxylation is 2. The van der Waals surface area contributed by atoms with E-state index in [1.54, 1.807) is 11.1 Å². The quantitative estimate of drug-likeness (QED) is 0.818. The van der Waals surface area contributed by atoms with Crippen LogP contribution in [0.1, 0.15) is 49.8 Å². The van der Waals surface area contributed by atoms with E-state index in [0.717, 1.165) is 13.0 Å². The Hall–Kier alpha value is -0.820. The molecule has 0 aromatic heterocycles. The summed E-state index contributed by atoms with van der Waals surface area (Å²) in [5, 5.41) is 3.56. The van der Waals surface area contributed by atoms with Crippen molar-refractivity contribution in [2.45, 2.75) is 58.4 Å². The summed E-state index contributed by atoms with van der Waals surface area (Å²) in [6.45, 7) is 5.64. The highest BCUT2D eigenvalue weighted by Gasteiger charge is 2.10. The van der Waals surface area contributed by atoms with Crippen LogP contribution in [0.15, 0.2) is 18.2 Å². The molecule has 17 heavy (non-hydrogen) atoms. The highest BCUT2D eigenvalue weighted by molar-refractivity contribution is 5.34. The first-order chi connectivity index (χ1) is 8.29. The van der Waals surface area contributed by atoms with Gasteiger partial charge >= 0.3 is 0 Å². The van der Waals surface area contributed by atoms with Crippen LogP contribution in [0, 0.1) is 0 Å². The topological polar surface area (TPSA) is 12.0 Å². The lowest BCUT2D eigenvalue weighted by Crippen LogP contribution is -2.28. The van der Waals surface area contributed by atoms with Crippen LogP contribution in [0.4, 0.5) is 0 Å². The Kier molecular flexibility index (Phi) is 4.61. The maximum absolute atomic E-state index is 3.56. The molecule has 0 radical (unpaired) electrons. The molecule has 0 amide bonds. The van der Waals surface area contributed by atoms with Gasteiger partial charge in [0.25, 0.3) is 0 Å². The van der Waals surface area contributed by atoms with Crippen molar-refractivity contribution in [1.29, 1.82) is 0 Å². The third-order valence-corrected chi connectivity index (χ3v) is 3.70. The van der Waals surface area contributed by atoms with Crippen LogP contribution in [0.3, 0.4) is 0 Å². The van der Waals surface area contributed by atoms with Gasteiger partial charge in [-0.3, -0.25) is 0 Å². The van der Waals surface area contributed by atoms with E-state index in [-0.39, 0.29) is 0 Å². The molecule has 1 atom stereocenters. The molecule has 0 saturated heterocycles. The lowest BCUT2D eigenvalue weighted by Gasteiger charge is -2.18. The van der Waals surface area contributed by atoms with Gasteiger partial charge in [0, 0.05) is 6.04 Å². The zero-order valence-electron chi connectivity index (χ0n) is 11.3. The number of hydrogen-bond acceptors (Lipinski definition) is 1. The first-order valence-electron chi connectivity index (χ1n) is 7.13. The van der Waals surface area contributed by atoms with Crippen molar-refractivity contribution >= 4 is 0 Å². The van der Waals surface area contributed by atoms with Crippen molar-refractivity contribution in [2.75, 3.05) is 6.54 Å². The summed E-state index contributed by atoms with van der Waals surface area (Å²) in [5.41, 5.74) is 4.70. The van der Waals surface area contributed by atoms with E-state index >= 15 is 0 Å². The molecule has 1 heteroatoms. The van der Waals surface area contributed by atoms with Gasteiger partial charge in [0.1, 0.15) is 0 Å². The molecule has 0 fully saturated rings. The minimum Gasteiger partial charge on any atom is -0.314 e. The van der Waals surface area contributed by atoms with E-state index < -0.39 is 0 Å². The lowest BCUT2D eigenvalue weighted by atomic mass is 9.89. The number of rotatable bonds is 5. The smallest absolute Gasteiger partial charge is 0.00791 e. The van der Waals surface area contributed by atoms with Crippen LogP contribution in [0.5, 0.6) is 0 Å². The molecule has 0 aliphatic heterocycles. The fourth-order valence-electron chi connectivity index (χ4n) is 2.73. The van der Waals surface area contributed by atoms with Gasteiger partial charge in [0.05, 0.1) is 0 Å². The Morgan fingerprint density at radius 1 is 1.18 bits per heavy atom. The third-order valence-electron chi connectivity index (χ3n) is 3.70. The predicted octanol–water partition coefficient (Wildman–Crippen LogP) is 3.50. The zero-order valence-corrected chi connectivity index (χ0v) is 11.3. The molecule has 94 valence electrons. The highest BCUT2D eigenvalue weighted by atomic mass is 14.9. The normalized spacial score (nSPS) is 16.6. The van der Waals surface area contributed by atoms with Gasteiger partial charge in [0.2, 0.25) is 0 Å². The molecule has 0 spiro atoms. The Balaban J connectivity index is 1.97. The van der Waals surface area contributed by atoms with Gasteiger partial charge in [0.15, 0.2) is 0 Å². The Bertz CT molecular complexity index is 357. The summed E-state index contributed by atoms with van der Waals surface area (Å²) in [6.07, 6.45) is 7.71. The van der Waals surface area contributed by atoms with E-state index in [1.165, 1.54) is 37.7 Å². The first kappa shape index (κ1) is 12.6. The molecule has 1 aliphatic carbocycles. The van der Waals surface area contributed by atoms with Gasteiger partial charge in [-0.2, -0.15) is 0 Å². The van der Waals surface area contributed by atoms with Gasteiger partial charge in [-0.1, -0.05) is 25.1 Å². The fraction of sp³-hybridized carbons (Fsp3) is 0.625. The molecule has 2 rings (SSSR count). The molecular formula is C16H25N. The summed E-state index contributed by atoms with van der Waals surface area (Å²) < 4.78 is 0. The van der Waals surface area contributed by atoms with Crippen molar-refractivity contribution in [1.82, 2.24) is 5.32 Å². The van der Waals surface area contributed by atoms with E-state index in [9.17, 15) is 0 Å². The summed E-state index contributed by atoms with van der Waals surface area (Å²) >= 11 is 0. The van der Waals surface area contributed by atoms with Crippen molar-refractivity contribution in [3.8, 4) is 0 Å². The maximum Gasteiger partial charge on any atom is 0.00791 e.